The fourth-order valence-electron chi connectivity index (χ4n) is 2.04. The molecule has 1 aliphatic rings. The molecule has 5 heteroatoms. The van der Waals surface area contributed by atoms with Gasteiger partial charge in [-0.3, -0.25) is 9.59 Å². The first-order chi connectivity index (χ1) is 9.66. The zero-order valence-corrected chi connectivity index (χ0v) is 11.6. The van der Waals surface area contributed by atoms with Gasteiger partial charge in [-0.25, -0.2) is 0 Å². The predicted molar refractivity (Wildman–Crippen MR) is 74.0 cm³/mol. The SMILES string of the molecule is CC(=O)c1cccc(OCC(=O)N2CCCOCC2)c1. The van der Waals surface area contributed by atoms with Gasteiger partial charge in [0.25, 0.3) is 5.91 Å². The molecule has 1 aliphatic heterocycles. The second-order valence-electron chi connectivity index (χ2n) is 4.72. The fourth-order valence-corrected chi connectivity index (χ4v) is 2.04. The van der Waals surface area contributed by atoms with E-state index >= 15 is 0 Å². The van der Waals surface area contributed by atoms with Gasteiger partial charge in [-0.2, -0.15) is 0 Å². The van der Waals surface area contributed by atoms with Crippen molar-refractivity contribution in [3.05, 3.63) is 29.8 Å². The van der Waals surface area contributed by atoms with Gasteiger partial charge in [0, 0.05) is 25.3 Å². The predicted octanol–water partition coefficient (Wildman–Crippen LogP) is 1.52. The third-order valence-corrected chi connectivity index (χ3v) is 3.18. The molecule has 1 aromatic rings. The van der Waals surface area contributed by atoms with Gasteiger partial charge in [0.2, 0.25) is 0 Å². The Morgan fingerprint density at radius 2 is 2.15 bits per heavy atom. The lowest BCUT2D eigenvalue weighted by Crippen LogP contribution is -2.36. The summed E-state index contributed by atoms with van der Waals surface area (Å²) in [6.07, 6.45) is 0.853. The molecule has 5 nitrogen and oxygen atoms in total. The van der Waals surface area contributed by atoms with Gasteiger partial charge < -0.3 is 14.4 Å². The smallest absolute Gasteiger partial charge is 0.260 e. The van der Waals surface area contributed by atoms with Crippen molar-refractivity contribution in [2.45, 2.75) is 13.3 Å². The number of ether oxygens (including phenoxy) is 2. The second kappa shape index (κ2) is 7.05. The summed E-state index contributed by atoms with van der Waals surface area (Å²) in [5.41, 5.74) is 0.582. The average Bonchev–Trinajstić information content (AvgIpc) is 2.74. The van der Waals surface area contributed by atoms with Crippen molar-refractivity contribution < 1.29 is 19.1 Å². The number of nitrogens with zero attached hydrogens (tertiary/aromatic N) is 1. The molecule has 0 N–H and O–H groups in total. The molecule has 108 valence electrons. The monoisotopic (exact) mass is 277 g/mol. The number of hydrogen-bond acceptors (Lipinski definition) is 4. The maximum Gasteiger partial charge on any atom is 0.260 e. The largest absolute Gasteiger partial charge is 0.484 e. The topological polar surface area (TPSA) is 55.8 Å². The molecule has 0 aromatic heterocycles. The molecule has 0 bridgehead atoms. The molecular formula is C15H19NO4. The van der Waals surface area contributed by atoms with Crippen LogP contribution in [-0.4, -0.2) is 49.5 Å². The summed E-state index contributed by atoms with van der Waals surface area (Å²) in [5, 5.41) is 0. The number of carbonyl (C=O) groups excluding carboxylic acids is 2. The van der Waals surface area contributed by atoms with Crippen molar-refractivity contribution in [2.75, 3.05) is 32.9 Å². The summed E-state index contributed by atoms with van der Waals surface area (Å²) < 4.78 is 10.8. The van der Waals surface area contributed by atoms with E-state index in [1.54, 1.807) is 29.2 Å². The highest BCUT2D eigenvalue weighted by atomic mass is 16.5. The van der Waals surface area contributed by atoms with E-state index in [0.717, 1.165) is 6.42 Å². The number of Topliss-reactive ketones (excluding diaryl/α,β-unsaturated/α-hetero) is 1. The van der Waals surface area contributed by atoms with E-state index in [1.165, 1.54) is 6.92 Å². The van der Waals surface area contributed by atoms with Crippen LogP contribution in [0.1, 0.15) is 23.7 Å². The highest BCUT2D eigenvalue weighted by molar-refractivity contribution is 5.94. The fraction of sp³-hybridized carbons (Fsp3) is 0.467. The van der Waals surface area contributed by atoms with E-state index in [1.807, 2.05) is 0 Å². The number of amides is 1. The molecule has 1 saturated heterocycles. The van der Waals surface area contributed by atoms with Crippen molar-refractivity contribution in [3.8, 4) is 5.75 Å². The van der Waals surface area contributed by atoms with Gasteiger partial charge in [-0.1, -0.05) is 12.1 Å². The number of benzene rings is 1. The van der Waals surface area contributed by atoms with E-state index < -0.39 is 0 Å². The van der Waals surface area contributed by atoms with Gasteiger partial charge in [0.15, 0.2) is 12.4 Å². The minimum Gasteiger partial charge on any atom is -0.484 e. The first-order valence-electron chi connectivity index (χ1n) is 6.76. The van der Waals surface area contributed by atoms with Gasteiger partial charge in [-0.15, -0.1) is 0 Å². The standard InChI is InChI=1S/C15H19NO4/c1-12(17)13-4-2-5-14(10-13)20-11-15(18)16-6-3-8-19-9-7-16/h2,4-5,10H,3,6-9,11H2,1H3. The minimum atomic E-state index is -0.0521. The number of ketones is 1. The molecule has 20 heavy (non-hydrogen) atoms. The van der Waals surface area contributed by atoms with Crippen LogP contribution in [0.25, 0.3) is 0 Å². The van der Waals surface area contributed by atoms with E-state index in [4.69, 9.17) is 9.47 Å². The lowest BCUT2D eigenvalue weighted by molar-refractivity contribution is -0.133. The minimum absolute atomic E-state index is 0.0125. The summed E-state index contributed by atoms with van der Waals surface area (Å²) in [5.74, 6) is 0.465. The van der Waals surface area contributed by atoms with Crippen LogP contribution >= 0.6 is 0 Å². The Hall–Kier alpha value is -1.88. The highest BCUT2D eigenvalue weighted by Gasteiger charge is 2.16. The average molecular weight is 277 g/mol. The van der Waals surface area contributed by atoms with Gasteiger partial charge in [-0.05, 0) is 25.5 Å². The van der Waals surface area contributed by atoms with Gasteiger partial charge >= 0.3 is 0 Å². The molecule has 0 atom stereocenters. The summed E-state index contributed by atoms with van der Waals surface area (Å²) in [6, 6.07) is 6.87. The lowest BCUT2D eigenvalue weighted by Gasteiger charge is -2.19. The third kappa shape index (κ3) is 4.06. The van der Waals surface area contributed by atoms with Gasteiger partial charge in [0.1, 0.15) is 5.75 Å². The summed E-state index contributed by atoms with van der Waals surface area (Å²) in [4.78, 5) is 25.0. The Morgan fingerprint density at radius 1 is 1.30 bits per heavy atom. The zero-order chi connectivity index (χ0) is 14.4. The van der Waals surface area contributed by atoms with Crippen molar-refractivity contribution in [1.82, 2.24) is 4.90 Å². The Kier molecular flexibility index (Phi) is 5.12. The van der Waals surface area contributed by atoms with E-state index in [0.29, 0.717) is 37.6 Å². The Balaban J connectivity index is 1.89. The summed E-state index contributed by atoms with van der Waals surface area (Å²) in [6.45, 7) is 4.07. The molecule has 0 radical (unpaired) electrons. The first-order valence-corrected chi connectivity index (χ1v) is 6.76. The van der Waals surface area contributed by atoms with E-state index in [2.05, 4.69) is 0 Å². The Morgan fingerprint density at radius 3 is 2.95 bits per heavy atom. The van der Waals surface area contributed by atoms with Crippen LogP contribution < -0.4 is 4.74 Å². The van der Waals surface area contributed by atoms with Crippen LogP contribution in [0.15, 0.2) is 24.3 Å². The number of carbonyl (C=O) groups is 2. The third-order valence-electron chi connectivity index (χ3n) is 3.18. The molecule has 0 saturated carbocycles. The molecule has 1 fully saturated rings. The van der Waals surface area contributed by atoms with Crippen LogP contribution in [0, 0.1) is 0 Å². The van der Waals surface area contributed by atoms with Crippen LogP contribution in [0.4, 0.5) is 0 Å². The molecule has 0 aliphatic carbocycles. The maximum atomic E-state index is 12.0. The molecule has 1 aromatic carbocycles. The van der Waals surface area contributed by atoms with Crippen molar-refractivity contribution in [3.63, 3.8) is 0 Å². The zero-order valence-electron chi connectivity index (χ0n) is 11.6. The second-order valence-corrected chi connectivity index (χ2v) is 4.72. The number of rotatable bonds is 4. The molecule has 0 unspecified atom stereocenters. The Bertz CT molecular complexity index is 479. The molecule has 0 spiro atoms. The summed E-state index contributed by atoms with van der Waals surface area (Å²) in [7, 11) is 0. The highest BCUT2D eigenvalue weighted by Crippen LogP contribution is 2.14. The van der Waals surface area contributed by atoms with Crippen LogP contribution in [0.3, 0.4) is 0 Å². The van der Waals surface area contributed by atoms with Crippen molar-refractivity contribution >= 4 is 11.7 Å². The summed E-state index contributed by atoms with van der Waals surface area (Å²) >= 11 is 0. The lowest BCUT2D eigenvalue weighted by atomic mass is 10.1. The molecule has 1 amide bonds. The number of hydrogen-bond donors (Lipinski definition) is 0. The van der Waals surface area contributed by atoms with E-state index in [9.17, 15) is 9.59 Å². The van der Waals surface area contributed by atoms with Crippen molar-refractivity contribution in [2.24, 2.45) is 0 Å². The Labute approximate surface area is 118 Å². The first kappa shape index (κ1) is 14.5. The van der Waals surface area contributed by atoms with E-state index in [-0.39, 0.29) is 18.3 Å². The normalized spacial score (nSPS) is 15.6. The van der Waals surface area contributed by atoms with Gasteiger partial charge in [0.05, 0.1) is 6.61 Å². The molecule has 1 heterocycles. The van der Waals surface area contributed by atoms with Crippen LogP contribution in [-0.2, 0) is 9.53 Å². The maximum absolute atomic E-state index is 12.0. The van der Waals surface area contributed by atoms with Crippen molar-refractivity contribution in [1.29, 1.82) is 0 Å². The van der Waals surface area contributed by atoms with Crippen LogP contribution in [0.5, 0.6) is 5.75 Å². The molecular weight excluding hydrogens is 258 g/mol. The van der Waals surface area contributed by atoms with Crippen LogP contribution in [0.2, 0.25) is 0 Å². The molecule has 2 rings (SSSR count). The quantitative estimate of drug-likeness (QED) is 0.783.